The van der Waals surface area contributed by atoms with Gasteiger partial charge >= 0.3 is 13.1 Å². The second-order valence-corrected chi connectivity index (χ2v) is 17.8. The molecule has 4 fully saturated rings. The van der Waals surface area contributed by atoms with E-state index in [1.165, 1.54) is 18.0 Å². The lowest BCUT2D eigenvalue weighted by atomic mass is 9.43. The number of esters is 1. The Morgan fingerprint density at radius 1 is 1.15 bits per heavy atom. The molecule has 284 valence electrons. The monoisotopic (exact) mass is 751 g/mol. The van der Waals surface area contributed by atoms with Crippen LogP contribution in [0, 0.1) is 27.4 Å². The minimum atomic E-state index is -4.00. The van der Waals surface area contributed by atoms with Crippen molar-refractivity contribution in [2.45, 2.75) is 108 Å². The van der Waals surface area contributed by atoms with Crippen LogP contribution in [0.2, 0.25) is 5.82 Å². The van der Waals surface area contributed by atoms with Gasteiger partial charge in [0.2, 0.25) is 10.0 Å². The molecule has 4 aliphatic rings. The number of nitro benzene ring substituents is 1. The summed E-state index contributed by atoms with van der Waals surface area (Å²) in [6.45, 7) is 11.7. The summed E-state index contributed by atoms with van der Waals surface area (Å²) < 4.78 is 54.1. The Labute approximate surface area is 309 Å². The minimum Gasteiger partial charge on any atom is -0.496 e. The molecule has 1 saturated heterocycles. The normalized spacial score (nSPS) is 23.8. The fraction of sp³-hybridized carbons (Fsp3) is 0.556. The Morgan fingerprint density at radius 2 is 1.87 bits per heavy atom. The molecule has 0 unspecified atom stereocenters. The van der Waals surface area contributed by atoms with Crippen molar-refractivity contribution in [1.29, 1.82) is 0 Å². The summed E-state index contributed by atoms with van der Waals surface area (Å²) in [5.74, 6) is 0.0629. The summed E-state index contributed by atoms with van der Waals surface area (Å²) in [7, 11) is -3.20. The Kier molecular flexibility index (Phi) is 10.3. The van der Waals surface area contributed by atoms with Crippen LogP contribution in [-0.2, 0) is 48.4 Å². The van der Waals surface area contributed by atoms with Crippen molar-refractivity contribution in [3.63, 3.8) is 0 Å². The predicted molar refractivity (Wildman–Crippen MR) is 192 cm³/mol. The van der Waals surface area contributed by atoms with Crippen molar-refractivity contribution in [3.8, 4) is 5.75 Å². The van der Waals surface area contributed by atoms with Crippen LogP contribution in [0.4, 0.5) is 5.69 Å². The fourth-order valence-electron chi connectivity index (χ4n) is 8.16. The number of Topliss-reactive ketones (excluding diaryl/α,β-unsaturated/α-hetero) is 1. The Morgan fingerprint density at radius 3 is 2.51 bits per heavy atom. The third-order valence-corrected chi connectivity index (χ3v) is 12.4. The molecule has 15 nitrogen and oxygen atoms in total. The summed E-state index contributed by atoms with van der Waals surface area (Å²) >= 11 is 0. The Hall–Kier alpha value is -4.19. The van der Waals surface area contributed by atoms with Crippen molar-refractivity contribution in [1.82, 2.24) is 19.7 Å². The molecular weight excluding hydrogens is 705 g/mol. The standard InChI is InChI=1S/C36H46BN5O10S/c1-34(2,3)50-33(44)29-10-8-9-22(32(29)49-7)15-24(37-51-31-17-23-16-30(35(23,4)5)36(31,6)52-37)18-27(43)21-41-20-25(39-40-41)19-38-53(47,48)28-13-11-26(12-14-28)42(45)46/h8-14,20,23-24,30-31,38H,15-19,21H2,1-7H3/t23-,24+,30-,31+,36-/m0/s1. The van der Waals surface area contributed by atoms with Gasteiger partial charge in [0.05, 0.1) is 47.1 Å². The summed E-state index contributed by atoms with van der Waals surface area (Å²) in [5.41, 5.74) is -0.0708. The topological polar surface area (TPSA) is 191 Å². The molecule has 7 rings (SSSR count). The number of nitro groups is 1. The first-order chi connectivity index (χ1) is 24.8. The first kappa shape index (κ1) is 38.5. The van der Waals surface area contributed by atoms with Crippen molar-refractivity contribution < 1.29 is 41.7 Å². The molecule has 2 aromatic carbocycles. The number of ether oxygens (including phenoxy) is 2. The van der Waals surface area contributed by atoms with E-state index in [0.29, 0.717) is 29.6 Å². The molecule has 1 aliphatic heterocycles. The van der Waals surface area contributed by atoms with Crippen LogP contribution in [0.3, 0.4) is 0 Å². The molecule has 53 heavy (non-hydrogen) atoms. The number of hydrogen-bond donors (Lipinski definition) is 1. The van der Waals surface area contributed by atoms with Crippen LogP contribution < -0.4 is 9.46 Å². The van der Waals surface area contributed by atoms with Gasteiger partial charge in [-0.3, -0.25) is 14.9 Å². The number of nitrogens with zero attached hydrogens (tertiary/aromatic N) is 4. The maximum Gasteiger partial charge on any atom is 0.461 e. The minimum absolute atomic E-state index is 0.0484. The van der Waals surface area contributed by atoms with Crippen molar-refractivity contribution >= 4 is 34.6 Å². The summed E-state index contributed by atoms with van der Waals surface area (Å²) in [6, 6.07) is 9.78. The largest absolute Gasteiger partial charge is 0.496 e. The number of rotatable bonds is 14. The van der Waals surface area contributed by atoms with E-state index in [-0.39, 0.29) is 58.7 Å². The number of ketones is 1. The smallest absolute Gasteiger partial charge is 0.461 e. The maximum absolute atomic E-state index is 13.7. The number of methoxy groups -OCH3 is 1. The average Bonchev–Trinajstić information content (AvgIpc) is 3.69. The van der Waals surface area contributed by atoms with Gasteiger partial charge in [0, 0.05) is 24.4 Å². The zero-order valence-electron chi connectivity index (χ0n) is 31.0. The van der Waals surface area contributed by atoms with Crippen LogP contribution in [-0.4, -0.2) is 71.6 Å². The van der Waals surface area contributed by atoms with E-state index in [1.54, 1.807) is 32.9 Å². The fourth-order valence-corrected chi connectivity index (χ4v) is 9.16. The van der Waals surface area contributed by atoms with Crippen molar-refractivity contribution in [2.75, 3.05) is 7.11 Å². The van der Waals surface area contributed by atoms with Gasteiger partial charge < -0.3 is 18.8 Å². The zero-order chi connectivity index (χ0) is 38.5. The molecule has 1 aromatic heterocycles. The van der Waals surface area contributed by atoms with E-state index in [0.717, 1.165) is 37.1 Å². The lowest BCUT2D eigenvalue weighted by molar-refractivity contribution is -0.384. The number of carbonyl (C=O) groups excluding carboxylic acids is 2. The Bertz CT molecular complexity index is 2000. The molecule has 2 bridgehead atoms. The van der Waals surface area contributed by atoms with E-state index < -0.39 is 45.1 Å². The summed E-state index contributed by atoms with van der Waals surface area (Å²) in [4.78, 5) is 37.1. The summed E-state index contributed by atoms with van der Waals surface area (Å²) in [5, 5.41) is 19.0. The van der Waals surface area contributed by atoms with Gasteiger partial charge in [0.25, 0.3) is 5.69 Å². The molecule has 3 aliphatic carbocycles. The van der Waals surface area contributed by atoms with Gasteiger partial charge in [-0.15, -0.1) is 5.10 Å². The van der Waals surface area contributed by atoms with Crippen LogP contribution >= 0.6 is 0 Å². The first-order valence-corrected chi connectivity index (χ1v) is 19.2. The van der Waals surface area contributed by atoms with Crippen molar-refractivity contribution in [3.05, 3.63) is 75.6 Å². The average molecular weight is 752 g/mol. The number of para-hydroxylation sites is 1. The number of sulfonamides is 1. The quantitative estimate of drug-likeness (QED) is 0.101. The number of aromatic nitrogens is 3. The van der Waals surface area contributed by atoms with E-state index in [1.807, 2.05) is 6.07 Å². The van der Waals surface area contributed by atoms with E-state index in [9.17, 15) is 28.1 Å². The van der Waals surface area contributed by atoms with E-state index >= 15 is 0 Å². The molecule has 5 atom stereocenters. The van der Waals surface area contributed by atoms with Crippen LogP contribution in [0.15, 0.2) is 53.6 Å². The van der Waals surface area contributed by atoms with Crippen molar-refractivity contribution in [2.24, 2.45) is 17.3 Å². The zero-order valence-corrected chi connectivity index (χ0v) is 31.8. The lowest BCUT2D eigenvalue weighted by Gasteiger charge is -2.64. The van der Waals surface area contributed by atoms with E-state index in [2.05, 4.69) is 35.8 Å². The van der Waals surface area contributed by atoms with Gasteiger partial charge in [-0.25, -0.2) is 22.6 Å². The third kappa shape index (κ3) is 7.89. The van der Waals surface area contributed by atoms with Gasteiger partial charge in [-0.2, -0.15) is 0 Å². The molecule has 3 saturated carbocycles. The third-order valence-electron chi connectivity index (χ3n) is 11.0. The highest BCUT2D eigenvalue weighted by atomic mass is 32.2. The number of carbonyl (C=O) groups is 2. The molecule has 0 amide bonds. The van der Waals surface area contributed by atoms with Gasteiger partial charge in [-0.05, 0) is 88.0 Å². The van der Waals surface area contributed by atoms with Gasteiger partial charge in [0.15, 0.2) is 5.78 Å². The highest BCUT2D eigenvalue weighted by Crippen LogP contribution is 2.66. The second-order valence-electron chi connectivity index (χ2n) is 16.0. The molecule has 3 aromatic rings. The van der Waals surface area contributed by atoms with Crippen LogP contribution in [0.25, 0.3) is 0 Å². The number of benzene rings is 2. The molecular formula is C36H46BN5O10S. The second kappa shape index (κ2) is 14.2. The summed E-state index contributed by atoms with van der Waals surface area (Å²) in [6.07, 6.45) is 3.68. The van der Waals surface area contributed by atoms with Gasteiger partial charge in [0.1, 0.15) is 23.5 Å². The molecule has 2 heterocycles. The SMILES string of the molecule is COc1c(C[C@H](CC(=O)Cn2cc(CNS(=O)(=O)c3ccc([N+](=O)[O-])cc3)nn2)B2O[C@@H]3C[C@@H]4C[C@@H](C4(C)C)[C@]3(C)O2)cccc1C(=O)OC(C)(C)C. The van der Waals surface area contributed by atoms with Gasteiger partial charge in [-0.1, -0.05) is 31.2 Å². The lowest BCUT2D eigenvalue weighted by Crippen LogP contribution is -2.65. The molecule has 0 radical (unpaired) electrons. The molecule has 17 heteroatoms. The molecule has 1 N–H and O–H groups in total. The first-order valence-electron chi connectivity index (χ1n) is 17.7. The van der Waals surface area contributed by atoms with Crippen LogP contribution in [0.5, 0.6) is 5.75 Å². The maximum atomic E-state index is 13.7. The number of hydrogen-bond acceptors (Lipinski definition) is 12. The Balaban J connectivity index is 1.18. The van der Waals surface area contributed by atoms with E-state index in [4.69, 9.17) is 18.8 Å². The molecule has 0 spiro atoms. The highest BCUT2D eigenvalue weighted by Gasteiger charge is 2.68. The number of non-ortho nitro benzene ring substituents is 1. The number of nitrogens with one attached hydrogen (secondary N) is 1. The van der Waals surface area contributed by atoms with Crippen LogP contribution in [0.1, 0.15) is 82.4 Å². The highest BCUT2D eigenvalue weighted by molar-refractivity contribution is 7.89. The predicted octanol–water partition coefficient (Wildman–Crippen LogP) is 4.93.